The van der Waals surface area contributed by atoms with E-state index < -0.39 is 0 Å². The number of hydrogen-bond donors (Lipinski definition) is 1. The lowest BCUT2D eigenvalue weighted by Gasteiger charge is -2.37. The molecule has 4 atom stereocenters. The van der Waals surface area contributed by atoms with Gasteiger partial charge in [0, 0.05) is 19.1 Å². The fourth-order valence-corrected chi connectivity index (χ4v) is 5.76. The molecular weight excluding hydrogens is 382 g/mol. The lowest BCUT2D eigenvalue weighted by atomic mass is 9.78. The van der Waals surface area contributed by atoms with Gasteiger partial charge in [0.1, 0.15) is 5.75 Å². The van der Waals surface area contributed by atoms with E-state index in [4.69, 9.17) is 9.72 Å². The van der Waals surface area contributed by atoms with E-state index in [1.807, 2.05) is 19.1 Å². The Hall–Kier alpha value is -1.82. The average Bonchev–Trinajstić information content (AvgIpc) is 3.15. The van der Waals surface area contributed by atoms with Crippen LogP contribution in [0.1, 0.15) is 52.9 Å². The van der Waals surface area contributed by atoms with Crippen molar-refractivity contribution in [2.75, 3.05) is 24.6 Å². The molecule has 2 heterocycles. The number of amides is 1. The molecule has 0 unspecified atom stereocenters. The van der Waals surface area contributed by atoms with Gasteiger partial charge in [0.25, 0.3) is 0 Å². The Labute approximate surface area is 177 Å². The van der Waals surface area contributed by atoms with Gasteiger partial charge in [0.15, 0.2) is 5.13 Å². The first-order chi connectivity index (χ1) is 14.0. The number of thiazole rings is 1. The number of anilines is 1. The minimum Gasteiger partial charge on any atom is -0.494 e. The van der Waals surface area contributed by atoms with Gasteiger partial charge in [0.2, 0.25) is 5.91 Å². The Balaban J connectivity index is 1.42. The summed E-state index contributed by atoms with van der Waals surface area (Å²) in [6.07, 6.45) is 5.64. The quantitative estimate of drug-likeness (QED) is 0.758. The number of fused-ring (bicyclic) bond motifs is 1. The number of benzene rings is 1. The molecule has 0 spiro atoms. The normalized spacial score (nSPS) is 27.8. The van der Waals surface area contributed by atoms with Crippen molar-refractivity contribution in [3.8, 4) is 5.75 Å². The molecule has 6 heteroatoms. The largest absolute Gasteiger partial charge is 0.494 e. The molecule has 1 amide bonds. The molecule has 2 aliphatic rings. The van der Waals surface area contributed by atoms with Gasteiger partial charge >= 0.3 is 0 Å². The first kappa shape index (κ1) is 20.5. The molecule has 1 N–H and O–H groups in total. The van der Waals surface area contributed by atoms with E-state index in [1.165, 1.54) is 12.8 Å². The van der Waals surface area contributed by atoms with Gasteiger partial charge in [-0.2, -0.15) is 0 Å². The summed E-state index contributed by atoms with van der Waals surface area (Å²) in [5, 5.41) is 4.41. The highest BCUT2D eigenvalue weighted by molar-refractivity contribution is 7.22. The van der Waals surface area contributed by atoms with Crippen LogP contribution in [-0.2, 0) is 4.79 Å². The zero-order chi connectivity index (χ0) is 20.4. The van der Waals surface area contributed by atoms with Crippen LogP contribution in [0, 0.1) is 17.8 Å². The fourth-order valence-electron chi connectivity index (χ4n) is 4.74. The summed E-state index contributed by atoms with van der Waals surface area (Å²) in [6, 6.07) is 6.41. The Bertz CT molecular complexity index is 852. The second-order valence-corrected chi connectivity index (χ2v) is 9.74. The highest BCUT2D eigenvalue weighted by atomic mass is 32.1. The van der Waals surface area contributed by atoms with Crippen LogP contribution >= 0.6 is 11.3 Å². The molecule has 2 aromatic rings. The summed E-state index contributed by atoms with van der Waals surface area (Å²) in [6.45, 7) is 9.00. The van der Waals surface area contributed by atoms with Gasteiger partial charge in [-0.05, 0) is 56.2 Å². The first-order valence-corrected chi connectivity index (χ1v) is 12.0. The standard InChI is InChI=1S/C23H33N3O2S/c1-4-28-18-10-11-20-21(13-18)29-23(25-20)26-12-6-8-17(14-26)22(27)24-19-9-5-7-15(2)16(19)3/h10-11,13,15-17,19H,4-9,12,14H2,1-3H3,(H,24,27)/t15-,16-,17-,19+/m0/s1. The third-order valence-corrected chi connectivity index (χ3v) is 7.84. The van der Waals surface area contributed by atoms with E-state index in [2.05, 4.69) is 30.1 Å². The van der Waals surface area contributed by atoms with Crippen LogP contribution in [0.3, 0.4) is 0 Å². The second-order valence-electron chi connectivity index (χ2n) is 8.73. The van der Waals surface area contributed by atoms with Crippen molar-refractivity contribution >= 4 is 32.6 Å². The number of hydrogen-bond acceptors (Lipinski definition) is 5. The van der Waals surface area contributed by atoms with Gasteiger partial charge in [-0.25, -0.2) is 4.98 Å². The van der Waals surface area contributed by atoms with E-state index in [1.54, 1.807) is 11.3 Å². The number of carbonyl (C=O) groups excluding carboxylic acids is 1. The van der Waals surface area contributed by atoms with Crippen molar-refractivity contribution in [3.05, 3.63) is 18.2 Å². The van der Waals surface area contributed by atoms with Crippen LogP contribution in [0.4, 0.5) is 5.13 Å². The lowest BCUT2D eigenvalue weighted by molar-refractivity contribution is -0.126. The van der Waals surface area contributed by atoms with Crippen LogP contribution in [-0.4, -0.2) is 36.6 Å². The summed E-state index contributed by atoms with van der Waals surface area (Å²) in [5.41, 5.74) is 1.00. The molecule has 1 aliphatic carbocycles. The van der Waals surface area contributed by atoms with Crippen LogP contribution in [0.5, 0.6) is 5.75 Å². The minimum atomic E-state index is 0.0548. The van der Waals surface area contributed by atoms with Gasteiger partial charge < -0.3 is 15.0 Å². The number of nitrogens with zero attached hydrogens (tertiary/aromatic N) is 2. The maximum Gasteiger partial charge on any atom is 0.225 e. The topological polar surface area (TPSA) is 54.5 Å². The van der Waals surface area contributed by atoms with Crippen molar-refractivity contribution in [1.29, 1.82) is 0 Å². The average molecular weight is 416 g/mol. The van der Waals surface area contributed by atoms with Crippen molar-refractivity contribution in [2.24, 2.45) is 17.8 Å². The zero-order valence-corrected chi connectivity index (χ0v) is 18.6. The van der Waals surface area contributed by atoms with Crippen molar-refractivity contribution in [2.45, 2.75) is 58.9 Å². The maximum atomic E-state index is 13.0. The lowest BCUT2D eigenvalue weighted by Crippen LogP contribution is -2.49. The van der Waals surface area contributed by atoms with Crippen LogP contribution in [0.25, 0.3) is 10.2 Å². The molecule has 1 saturated carbocycles. The van der Waals surface area contributed by atoms with Crippen molar-refractivity contribution < 1.29 is 9.53 Å². The van der Waals surface area contributed by atoms with E-state index in [9.17, 15) is 4.79 Å². The van der Waals surface area contributed by atoms with E-state index >= 15 is 0 Å². The Kier molecular flexibility index (Phi) is 6.28. The molecule has 29 heavy (non-hydrogen) atoms. The van der Waals surface area contributed by atoms with Gasteiger partial charge in [-0.15, -0.1) is 0 Å². The predicted molar refractivity (Wildman–Crippen MR) is 120 cm³/mol. The van der Waals surface area contributed by atoms with Gasteiger partial charge in [-0.3, -0.25) is 4.79 Å². The van der Waals surface area contributed by atoms with E-state index in [0.717, 1.165) is 53.4 Å². The Morgan fingerprint density at radius 3 is 2.97 bits per heavy atom. The predicted octanol–water partition coefficient (Wildman–Crippen LogP) is 4.85. The smallest absolute Gasteiger partial charge is 0.225 e. The monoisotopic (exact) mass is 415 g/mol. The summed E-state index contributed by atoms with van der Waals surface area (Å²) in [5.74, 6) is 2.44. The van der Waals surface area contributed by atoms with E-state index in [-0.39, 0.29) is 11.8 Å². The van der Waals surface area contributed by atoms with Crippen LogP contribution < -0.4 is 15.0 Å². The molecule has 2 fully saturated rings. The number of carbonyl (C=O) groups is 1. The summed E-state index contributed by atoms with van der Waals surface area (Å²) in [7, 11) is 0. The molecule has 1 aromatic carbocycles. The molecule has 0 radical (unpaired) electrons. The molecule has 1 aliphatic heterocycles. The number of aromatic nitrogens is 1. The molecule has 1 aromatic heterocycles. The molecule has 4 rings (SSSR count). The minimum absolute atomic E-state index is 0.0548. The fraction of sp³-hybridized carbons (Fsp3) is 0.652. The maximum absolute atomic E-state index is 13.0. The first-order valence-electron chi connectivity index (χ1n) is 11.1. The van der Waals surface area contributed by atoms with Crippen molar-refractivity contribution in [3.63, 3.8) is 0 Å². The van der Waals surface area contributed by atoms with E-state index in [0.29, 0.717) is 24.5 Å². The number of piperidine rings is 1. The summed E-state index contributed by atoms with van der Waals surface area (Å²) >= 11 is 1.70. The highest BCUT2D eigenvalue weighted by Crippen LogP contribution is 2.34. The third kappa shape index (κ3) is 4.52. The van der Waals surface area contributed by atoms with Gasteiger partial charge in [-0.1, -0.05) is 38.0 Å². The Morgan fingerprint density at radius 1 is 1.28 bits per heavy atom. The molecular formula is C23H33N3O2S. The molecule has 1 saturated heterocycles. The summed E-state index contributed by atoms with van der Waals surface area (Å²) < 4.78 is 6.76. The molecule has 0 bridgehead atoms. The number of rotatable bonds is 5. The zero-order valence-electron chi connectivity index (χ0n) is 17.8. The van der Waals surface area contributed by atoms with Crippen LogP contribution in [0.15, 0.2) is 18.2 Å². The van der Waals surface area contributed by atoms with Crippen LogP contribution in [0.2, 0.25) is 0 Å². The summed E-state index contributed by atoms with van der Waals surface area (Å²) in [4.78, 5) is 20.1. The number of ether oxygens (including phenoxy) is 1. The molecule has 5 nitrogen and oxygen atoms in total. The number of nitrogens with one attached hydrogen (secondary N) is 1. The highest BCUT2D eigenvalue weighted by Gasteiger charge is 2.32. The second kappa shape index (κ2) is 8.90. The third-order valence-electron chi connectivity index (χ3n) is 6.76. The Morgan fingerprint density at radius 2 is 2.14 bits per heavy atom. The molecule has 158 valence electrons. The SMILES string of the molecule is CCOc1ccc2nc(N3CCC[C@H](C(=O)N[C@@H]4CCC[C@H](C)[C@@H]4C)C3)sc2c1. The van der Waals surface area contributed by atoms with Gasteiger partial charge in [0.05, 0.1) is 22.7 Å². The van der Waals surface area contributed by atoms with Crippen molar-refractivity contribution in [1.82, 2.24) is 10.3 Å².